The van der Waals surface area contributed by atoms with E-state index in [-0.39, 0.29) is 18.6 Å². The monoisotopic (exact) mass is 268 g/mol. The number of nitrogens with two attached hydrogens (primary N) is 1. The zero-order valence-electron chi connectivity index (χ0n) is 10.1. The summed E-state index contributed by atoms with van der Waals surface area (Å²) >= 11 is 5.75. The molecule has 18 heavy (non-hydrogen) atoms. The summed E-state index contributed by atoms with van der Waals surface area (Å²) in [6.45, 7) is 0.520. The van der Waals surface area contributed by atoms with Crippen LogP contribution in [0.2, 0.25) is 5.02 Å². The van der Waals surface area contributed by atoms with Crippen LogP contribution in [0.3, 0.4) is 0 Å². The van der Waals surface area contributed by atoms with Crippen molar-refractivity contribution in [1.29, 1.82) is 0 Å². The molecule has 1 aromatic rings. The Morgan fingerprint density at radius 2 is 2.11 bits per heavy atom. The summed E-state index contributed by atoms with van der Waals surface area (Å²) in [6, 6.07) is 6.97. The maximum Gasteiger partial charge on any atom is 0.257 e. The van der Waals surface area contributed by atoms with Gasteiger partial charge in [0.2, 0.25) is 0 Å². The van der Waals surface area contributed by atoms with E-state index in [1.54, 1.807) is 24.3 Å². The van der Waals surface area contributed by atoms with E-state index in [1.807, 2.05) is 0 Å². The molecule has 3 N–H and O–H groups in total. The maximum absolute atomic E-state index is 11.5. The van der Waals surface area contributed by atoms with Crippen molar-refractivity contribution in [2.75, 3.05) is 13.2 Å². The molecule has 1 atom stereocenters. The van der Waals surface area contributed by atoms with E-state index in [0.717, 1.165) is 0 Å². The summed E-state index contributed by atoms with van der Waals surface area (Å²) < 4.78 is 5.32. The van der Waals surface area contributed by atoms with E-state index in [0.29, 0.717) is 23.2 Å². The number of hydrogen-bond donors (Lipinski definition) is 2. The number of amides is 1. The first-order valence-corrected chi connectivity index (χ1v) is 6.43. The molecular weight excluding hydrogens is 252 g/mol. The number of halogens is 1. The molecule has 0 aliphatic heterocycles. The van der Waals surface area contributed by atoms with Crippen molar-refractivity contribution in [2.24, 2.45) is 11.7 Å². The molecule has 0 radical (unpaired) electrons. The van der Waals surface area contributed by atoms with E-state index in [4.69, 9.17) is 22.1 Å². The van der Waals surface area contributed by atoms with Crippen LogP contribution in [0, 0.1) is 5.92 Å². The molecule has 1 aliphatic rings. The van der Waals surface area contributed by atoms with E-state index < -0.39 is 0 Å². The van der Waals surface area contributed by atoms with Gasteiger partial charge in [-0.3, -0.25) is 4.79 Å². The Hall–Kier alpha value is -1.26. The summed E-state index contributed by atoms with van der Waals surface area (Å²) in [7, 11) is 0. The molecule has 1 fully saturated rings. The van der Waals surface area contributed by atoms with Crippen LogP contribution in [0.4, 0.5) is 0 Å². The second-order valence-electron chi connectivity index (χ2n) is 4.55. The smallest absolute Gasteiger partial charge is 0.257 e. The van der Waals surface area contributed by atoms with Gasteiger partial charge in [0.05, 0.1) is 0 Å². The van der Waals surface area contributed by atoms with Gasteiger partial charge >= 0.3 is 0 Å². The highest BCUT2D eigenvalue weighted by Gasteiger charge is 2.28. The van der Waals surface area contributed by atoms with Crippen LogP contribution in [-0.4, -0.2) is 25.1 Å². The van der Waals surface area contributed by atoms with Crippen LogP contribution in [0.1, 0.15) is 12.8 Å². The van der Waals surface area contributed by atoms with E-state index >= 15 is 0 Å². The summed E-state index contributed by atoms with van der Waals surface area (Å²) in [5.41, 5.74) is 5.88. The molecule has 0 heterocycles. The van der Waals surface area contributed by atoms with Crippen molar-refractivity contribution < 1.29 is 9.53 Å². The van der Waals surface area contributed by atoms with Crippen LogP contribution in [0.5, 0.6) is 5.75 Å². The number of hydrogen-bond acceptors (Lipinski definition) is 3. The van der Waals surface area contributed by atoms with Gasteiger partial charge in [-0.25, -0.2) is 0 Å². The van der Waals surface area contributed by atoms with Crippen LogP contribution < -0.4 is 15.8 Å². The maximum atomic E-state index is 11.5. The number of carbonyl (C=O) groups is 1. The fourth-order valence-electron chi connectivity index (χ4n) is 1.65. The molecule has 1 aliphatic carbocycles. The van der Waals surface area contributed by atoms with Gasteiger partial charge in [-0.1, -0.05) is 11.6 Å². The topological polar surface area (TPSA) is 64.3 Å². The van der Waals surface area contributed by atoms with Crippen molar-refractivity contribution >= 4 is 17.5 Å². The lowest BCUT2D eigenvalue weighted by atomic mass is 10.2. The summed E-state index contributed by atoms with van der Waals surface area (Å²) in [5, 5.41) is 3.41. The Morgan fingerprint density at radius 3 is 2.72 bits per heavy atom. The molecule has 1 aromatic carbocycles. The van der Waals surface area contributed by atoms with Gasteiger partial charge in [-0.2, -0.15) is 0 Å². The highest BCUT2D eigenvalue weighted by Crippen LogP contribution is 2.31. The standard InChI is InChI=1S/C13H17ClN2O2/c14-10-3-5-11(6-4-10)18-8-13(17)16-7-12(15)9-1-2-9/h3-6,9,12H,1-2,7-8,15H2,(H,16,17). The summed E-state index contributed by atoms with van der Waals surface area (Å²) in [6.07, 6.45) is 2.36. The highest BCUT2D eigenvalue weighted by molar-refractivity contribution is 6.30. The lowest BCUT2D eigenvalue weighted by Gasteiger charge is -2.12. The van der Waals surface area contributed by atoms with Crippen LogP contribution in [-0.2, 0) is 4.79 Å². The minimum absolute atomic E-state index is 0.000973. The minimum Gasteiger partial charge on any atom is -0.484 e. The van der Waals surface area contributed by atoms with Crippen LogP contribution in [0.25, 0.3) is 0 Å². The van der Waals surface area contributed by atoms with Crippen molar-refractivity contribution in [3.63, 3.8) is 0 Å². The minimum atomic E-state index is -0.152. The SMILES string of the molecule is NC(CNC(=O)COc1ccc(Cl)cc1)C1CC1. The first-order chi connectivity index (χ1) is 8.65. The average Bonchev–Trinajstić information content (AvgIpc) is 3.19. The largest absolute Gasteiger partial charge is 0.484 e. The number of rotatable bonds is 6. The molecular formula is C13H17ClN2O2. The van der Waals surface area contributed by atoms with Gasteiger partial charge in [-0.15, -0.1) is 0 Å². The third-order valence-electron chi connectivity index (χ3n) is 2.95. The molecule has 0 aromatic heterocycles. The summed E-state index contributed by atoms with van der Waals surface area (Å²) in [5.74, 6) is 1.06. The van der Waals surface area contributed by atoms with Gasteiger partial charge in [0.15, 0.2) is 6.61 Å². The Morgan fingerprint density at radius 1 is 1.44 bits per heavy atom. The third kappa shape index (κ3) is 4.20. The van der Waals surface area contributed by atoms with Gasteiger partial charge in [0, 0.05) is 17.6 Å². The van der Waals surface area contributed by atoms with Crippen molar-refractivity contribution in [3.8, 4) is 5.75 Å². The second-order valence-corrected chi connectivity index (χ2v) is 4.98. The van der Waals surface area contributed by atoms with Crippen molar-refractivity contribution in [1.82, 2.24) is 5.32 Å². The number of carbonyl (C=O) groups excluding carboxylic acids is 1. The highest BCUT2D eigenvalue weighted by atomic mass is 35.5. The van der Waals surface area contributed by atoms with E-state index in [1.165, 1.54) is 12.8 Å². The third-order valence-corrected chi connectivity index (χ3v) is 3.20. The lowest BCUT2D eigenvalue weighted by molar-refractivity contribution is -0.123. The van der Waals surface area contributed by atoms with Gasteiger partial charge in [0.25, 0.3) is 5.91 Å². The second kappa shape index (κ2) is 6.07. The predicted octanol–water partition coefficient (Wildman–Crippen LogP) is 1.57. The molecule has 1 unspecified atom stereocenters. The molecule has 0 bridgehead atoms. The lowest BCUT2D eigenvalue weighted by Crippen LogP contribution is -2.40. The number of nitrogens with one attached hydrogen (secondary N) is 1. The molecule has 0 spiro atoms. The van der Waals surface area contributed by atoms with Crippen molar-refractivity contribution in [3.05, 3.63) is 29.3 Å². The van der Waals surface area contributed by atoms with Crippen molar-refractivity contribution in [2.45, 2.75) is 18.9 Å². The molecule has 98 valence electrons. The van der Waals surface area contributed by atoms with E-state index in [2.05, 4.69) is 5.32 Å². The fraction of sp³-hybridized carbons (Fsp3) is 0.462. The zero-order valence-corrected chi connectivity index (χ0v) is 10.8. The molecule has 5 heteroatoms. The molecule has 1 saturated carbocycles. The number of ether oxygens (including phenoxy) is 1. The molecule has 1 amide bonds. The van der Waals surface area contributed by atoms with E-state index in [9.17, 15) is 4.79 Å². The van der Waals surface area contributed by atoms with Crippen LogP contribution in [0.15, 0.2) is 24.3 Å². The number of benzene rings is 1. The Kier molecular flexibility index (Phi) is 4.44. The van der Waals surface area contributed by atoms with Gasteiger partial charge in [-0.05, 0) is 43.0 Å². The normalized spacial score (nSPS) is 16.1. The Labute approximate surface area is 111 Å². The Balaban J connectivity index is 1.66. The fourth-order valence-corrected chi connectivity index (χ4v) is 1.78. The molecule has 4 nitrogen and oxygen atoms in total. The Bertz CT molecular complexity index is 404. The quantitative estimate of drug-likeness (QED) is 0.823. The van der Waals surface area contributed by atoms with Gasteiger partial charge in [0.1, 0.15) is 5.75 Å². The first-order valence-electron chi connectivity index (χ1n) is 6.06. The predicted molar refractivity (Wildman–Crippen MR) is 70.7 cm³/mol. The average molecular weight is 269 g/mol. The molecule has 0 saturated heterocycles. The van der Waals surface area contributed by atoms with Crippen LogP contribution >= 0.6 is 11.6 Å². The zero-order chi connectivity index (χ0) is 13.0. The summed E-state index contributed by atoms with van der Waals surface area (Å²) in [4.78, 5) is 11.5. The van der Waals surface area contributed by atoms with Gasteiger partial charge < -0.3 is 15.8 Å². The molecule has 2 rings (SSSR count). The first kappa shape index (κ1) is 13.2.